The number of hydrogen-bond acceptors (Lipinski definition) is 2. The summed E-state index contributed by atoms with van der Waals surface area (Å²) in [7, 11) is 0. The maximum absolute atomic E-state index is 11.8. The van der Waals surface area contributed by atoms with Crippen LogP contribution in [-0.4, -0.2) is 37.0 Å². The maximum Gasteiger partial charge on any atom is 0.241 e. The average Bonchev–Trinajstić information content (AvgIpc) is 2.45. The van der Waals surface area contributed by atoms with Crippen LogP contribution in [-0.2, 0) is 11.2 Å². The molecule has 22 heavy (non-hydrogen) atoms. The van der Waals surface area contributed by atoms with E-state index < -0.39 is 0 Å². The highest BCUT2D eigenvalue weighted by Crippen LogP contribution is 1.99. The zero-order valence-electron chi connectivity index (χ0n) is 14.1. The molecule has 0 radical (unpaired) electrons. The maximum atomic E-state index is 11.8. The zero-order chi connectivity index (χ0) is 16.4. The molecule has 5 heteroatoms. The van der Waals surface area contributed by atoms with Crippen molar-refractivity contribution in [3.05, 3.63) is 35.9 Å². The normalized spacial score (nSPS) is 11.9. The number of amides is 1. The van der Waals surface area contributed by atoms with Crippen molar-refractivity contribution < 1.29 is 4.79 Å². The zero-order valence-corrected chi connectivity index (χ0v) is 14.1. The first-order valence-electron chi connectivity index (χ1n) is 7.78. The van der Waals surface area contributed by atoms with Gasteiger partial charge in [-0.1, -0.05) is 30.3 Å². The van der Waals surface area contributed by atoms with Gasteiger partial charge in [0.1, 0.15) is 6.54 Å². The van der Waals surface area contributed by atoms with E-state index in [2.05, 4.69) is 53.8 Å². The van der Waals surface area contributed by atoms with E-state index in [1.165, 1.54) is 5.56 Å². The third-order valence-corrected chi connectivity index (χ3v) is 2.80. The van der Waals surface area contributed by atoms with Gasteiger partial charge in [-0.25, -0.2) is 4.99 Å². The van der Waals surface area contributed by atoms with E-state index in [-0.39, 0.29) is 18.0 Å². The van der Waals surface area contributed by atoms with Crippen LogP contribution < -0.4 is 16.0 Å². The van der Waals surface area contributed by atoms with Gasteiger partial charge in [-0.3, -0.25) is 4.79 Å². The Bertz CT molecular complexity index is 477. The number of aliphatic imine (C=N–C) groups is 1. The summed E-state index contributed by atoms with van der Waals surface area (Å²) in [5.41, 5.74) is 1.12. The Hall–Kier alpha value is -2.04. The van der Waals surface area contributed by atoms with Crippen LogP contribution in [0.2, 0.25) is 0 Å². The van der Waals surface area contributed by atoms with Crippen molar-refractivity contribution in [3.63, 3.8) is 0 Å². The monoisotopic (exact) mass is 304 g/mol. The molecule has 0 unspecified atom stereocenters. The number of carbonyl (C=O) groups is 1. The Balaban J connectivity index is 2.37. The minimum Gasteiger partial charge on any atom is -0.357 e. The summed E-state index contributed by atoms with van der Waals surface area (Å²) in [5, 5.41) is 9.28. The van der Waals surface area contributed by atoms with Gasteiger partial charge in [0.15, 0.2) is 5.96 Å². The minimum absolute atomic E-state index is 0.0676. The van der Waals surface area contributed by atoms with Crippen molar-refractivity contribution in [2.24, 2.45) is 4.99 Å². The van der Waals surface area contributed by atoms with E-state index in [1.54, 1.807) is 0 Å². The second kappa shape index (κ2) is 9.07. The second-order valence-corrected chi connectivity index (χ2v) is 6.16. The average molecular weight is 304 g/mol. The van der Waals surface area contributed by atoms with Crippen molar-refractivity contribution in [2.45, 2.75) is 39.7 Å². The second-order valence-electron chi connectivity index (χ2n) is 6.16. The Labute approximate surface area is 133 Å². The molecule has 0 bridgehead atoms. The predicted molar refractivity (Wildman–Crippen MR) is 92.0 cm³/mol. The molecule has 0 aliphatic carbocycles. The lowest BCUT2D eigenvalue weighted by Crippen LogP contribution is -2.48. The number of carbonyl (C=O) groups excluding carboxylic acids is 1. The standard InChI is InChI=1S/C17H28N4O/c1-5-18-16(21-17(2,3)4)20-13-15(22)19-12-11-14-9-7-6-8-10-14/h6-10H,5,11-13H2,1-4H3,(H,19,22)(H2,18,20,21). The minimum atomic E-state index is -0.0925. The molecular formula is C17H28N4O. The first kappa shape index (κ1) is 18.0. The SMILES string of the molecule is CCNC(=NCC(=O)NCCc1ccccc1)NC(C)(C)C. The quantitative estimate of drug-likeness (QED) is 0.553. The van der Waals surface area contributed by atoms with Crippen LogP contribution >= 0.6 is 0 Å². The topological polar surface area (TPSA) is 65.5 Å². The molecule has 5 nitrogen and oxygen atoms in total. The molecule has 3 N–H and O–H groups in total. The van der Waals surface area contributed by atoms with Crippen LogP contribution in [0.1, 0.15) is 33.3 Å². The molecule has 0 saturated heterocycles. The van der Waals surface area contributed by atoms with Gasteiger partial charge in [0.25, 0.3) is 0 Å². The molecule has 1 amide bonds. The summed E-state index contributed by atoms with van der Waals surface area (Å²) < 4.78 is 0. The number of benzene rings is 1. The first-order chi connectivity index (χ1) is 10.4. The van der Waals surface area contributed by atoms with E-state index in [9.17, 15) is 4.79 Å². The Kier molecular flexibility index (Phi) is 7.43. The van der Waals surface area contributed by atoms with Crippen molar-refractivity contribution in [1.82, 2.24) is 16.0 Å². The summed E-state index contributed by atoms with van der Waals surface area (Å²) >= 11 is 0. The van der Waals surface area contributed by atoms with Gasteiger partial charge in [0.2, 0.25) is 5.91 Å². The molecule has 0 atom stereocenters. The van der Waals surface area contributed by atoms with Crippen LogP contribution in [0.4, 0.5) is 0 Å². The lowest BCUT2D eigenvalue weighted by atomic mass is 10.1. The summed E-state index contributed by atoms with van der Waals surface area (Å²) in [6.07, 6.45) is 0.830. The van der Waals surface area contributed by atoms with Crippen molar-refractivity contribution in [2.75, 3.05) is 19.6 Å². The molecule has 0 saturated carbocycles. The summed E-state index contributed by atoms with van der Waals surface area (Å²) in [4.78, 5) is 16.1. The molecule has 1 rings (SSSR count). The number of hydrogen-bond donors (Lipinski definition) is 3. The first-order valence-corrected chi connectivity index (χ1v) is 7.78. The van der Waals surface area contributed by atoms with Crippen LogP contribution in [0.25, 0.3) is 0 Å². The number of nitrogens with zero attached hydrogens (tertiary/aromatic N) is 1. The van der Waals surface area contributed by atoms with Gasteiger partial charge >= 0.3 is 0 Å². The van der Waals surface area contributed by atoms with Crippen LogP contribution in [0.15, 0.2) is 35.3 Å². The summed E-state index contributed by atoms with van der Waals surface area (Å²) in [6.45, 7) is 9.68. The van der Waals surface area contributed by atoms with E-state index >= 15 is 0 Å². The van der Waals surface area contributed by atoms with Crippen molar-refractivity contribution in [1.29, 1.82) is 0 Å². The lowest BCUT2D eigenvalue weighted by Gasteiger charge is -2.23. The van der Waals surface area contributed by atoms with Gasteiger partial charge in [-0.15, -0.1) is 0 Å². The smallest absolute Gasteiger partial charge is 0.241 e. The molecule has 1 aromatic rings. The predicted octanol–water partition coefficient (Wildman–Crippen LogP) is 1.70. The Morgan fingerprint density at radius 1 is 1.14 bits per heavy atom. The molecule has 0 fully saturated rings. The third kappa shape index (κ3) is 8.29. The largest absolute Gasteiger partial charge is 0.357 e. The lowest BCUT2D eigenvalue weighted by molar-refractivity contribution is -0.119. The van der Waals surface area contributed by atoms with Gasteiger partial charge in [0, 0.05) is 18.6 Å². The molecule has 122 valence electrons. The fourth-order valence-corrected chi connectivity index (χ4v) is 1.86. The van der Waals surface area contributed by atoms with Gasteiger partial charge in [-0.05, 0) is 39.7 Å². The molecule has 0 aromatic heterocycles. The van der Waals surface area contributed by atoms with E-state index in [0.29, 0.717) is 12.5 Å². The molecule has 0 spiro atoms. The molecule has 0 heterocycles. The van der Waals surface area contributed by atoms with Gasteiger partial charge < -0.3 is 16.0 Å². The highest BCUT2D eigenvalue weighted by Gasteiger charge is 2.12. The van der Waals surface area contributed by atoms with E-state index in [0.717, 1.165) is 13.0 Å². The highest BCUT2D eigenvalue weighted by atomic mass is 16.1. The summed E-state index contributed by atoms with van der Waals surface area (Å²) in [5.74, 6) is 0.593. The van der Waals surface area contributed by atoms with Crippen molar-refractivity contribution in [3.8, 4) is 0 Å². The molecule has 0 aliphatic rings. The van der Waals surface area contributed by atoms with Crippen molar-refractivity contribution >= 4 is 11.9 Å². The molecule has 0 aliphatic heterocycles. The Morgan fingerprint density at radius 3 is 2.41 bits per heavy atom. The number of guanidine groups is 1. The molecule has 1 aromatic carbocycles. The summed E-state index contributed by atoms with van der Waals surface area (Å²) in [6, 6.07) is 10.1. The third-order valence-electron chi connectivity index (χ3n) is 2.80. The van der Waals surface area contributed by atoms with E-state index in [1.807, 2.05) is 25.1 Å². The van der Waals surface area contributed by atoms with E-state index in [4.69, 9.17) is 0 Å². The van der Waals surface area contributed by atoms with Crippen LogP contribution in [0.3, 0.4) is 0 Å². The molecular weight excluding hydrogens is 276 g/mol. The van der Waals surface area contributed by atoms with Gasteiger partial charge in [0.05, 0.1) is 0 Å². The van der Waals surface area contributed by atoms with Gasteiger partial charge in [-0.2, -0.15) is 0 Å². The fourth-order valence-electron chi connectivity index (χ4n) is 1.86. The number of rotatable bonds is 6. The Morgan fingerprint density at radius 2 is 1.82 bits per heavy atom. The fraction of sp³-hybridized carbons (Fsp3) is 0.529. The van der Waals surface area contributed by atoms with Crippen LogP contribution in [0, 0.1) is 0 Å². The number of nitrogens with one attached hydrogen (secondary N) is 3. The highest BCUT2D eigenvalue weighted by molar-refractivity contribution is 5.85. The van der Waals surface area contributed by atoms with Crippen LogP contribution in [0.5, 0.6) is 0 Å².